The molecule has 2 aliphatic rings. The van der Waals surface area contributed by atoms with Crippen molar-refractivity contribution < 1.29 is 19.8 Å². The number of hydrogen-bond acceptors (Lipinski definition) is 2. The van der Waals surface area contributed by atoms with Gasteiger partial charge >= 0.3 is 11.9 Å². The molecule has 0 unspecified atom stereocenters. The highest BCUT2D eigenvalue weighted by Gasteiger charge is 2.40. The number of aliphatic carboxylic acids is 2. The van der Waals surface area contributed by atoms with Crippen molar-refractivity contribution in [3.8, 4) is 0 Å². The third-order valence-corrected chi connectivity index (χ3v) is 6.34. The first-order valence-corrected chi connectivity index (χ1v) is 9.53. The first kappa shape index (κ1) is 21.0. The number of carbonyl (C=O) groups is 2. The highest BCUT2D eigenvalue weighted by Crippen LogP contribution is 2.41. The van der Waals surface area contributed by atoms with Gasteiger partial charge in [0.05, 0.1) is 11.8 Å². The zero-order chi connectivity index (χ0) is 18.6. The van der Waals surface area contributed by atoms with Gasteiger partial charge in [0, 0.05) is 0 Å². The summed E-state index contributed by atoms with van der Waals surface area (Å²) in [6.07, 6.45) is 4.35. The van der Waals surface area contributed by atoms with Gasteiger partial charge in [-0.05, 0) is 61.2 Å². The van der Waals surface area contributed by atoms with Crippen molar-refractivity contribution in [2.75, 3.05) is 0 Å². The summed E-state index contributed by atoms with van der Waals surface area (Å²) in [6.45, 7) is 12.6. The summed E-state index contributed by atoms with van der Waals surface area (Å²) in [5, 5.41) is 18.0. The Hall–Kier alpha value is -1.06. The number of hydrogen-bond donors (Lipinski definition) is 2. The standard InChI is InChI=1S/2C10H18O2/c2*1-6(2)8-5-4-7(3)9(8)10(11)12/h2*6-9H,4-5H2,1-3H3,(H,11,12)/t7-,8+,9+;7-,8-,9-/m00/s1. The van der Waals surface area contributed by atoms with Crippen LogP contribution in [0.1, 0.15) is 67.2 Å². The van der Waals surface area contributed by atoms with E-state index in [-0.39, 0.29) is 11.8 Å². The van der Waals surface area contributed by atoms with Crippen molar-refractivity contribution in [2.24, 2.45) is 47.3 Å². The number of carboxylic acid groups (broad SMARTS) is 2. The Labute approximate surface area is 147 Å². The van der Waals surface area contributed by atoms with Crippen molar-refractivity contribution in [3.05, 3.63) is 0 Å². The van der Waals surface area contributed by atoms with Gasteiger partial charge in [-0.3, -0.25) is 9.59 Å². The zero-order valence-corrected chi connectivity index (χ0v) is 16.2. The molecule has 0 aromatic heterocycles. The van der Waals surface area contributed by atoms with E-state index in [0.29, 0.717) is 35.5 Å². The summed E-state index contributed by atoms with van der Waals surface area (Å²) in [7, 11) is 0. The maximum absolute atomic E-state index is 10.9. The monoisotopic (exact) mass is 340 g/mol. The second kappa shape index (κ2) is 8.87. The predicted molar refractivity (Wildman–Crippen MR) is 95.7 cm³/mol. The molecule has 0 aliphatic heterocycles. The molecule has 0 aromatic rings. The van der Waals surface area contributed by atoms with Crippen molar-refractivity contribution in [2.45, 2.75) is 67.2 Å². The SMILES string of the molecule is CC(C)[C@@H]1CC[C@H](C)[C@@H]1C(=O)O.CC(C)[C@H]1CC[C@H](C)[C@H]1C(=O)O. The molecule has 0 radical (unpaired) electrons. The quantitative estimate of drug-likeness (QED) is 0.772. The third kappa shape index (κ3) is 4.97. The molecular weight excluding hydrogens is 304 g/mol. The molecular formula is C20H36O4. The Kier molecular flexibility index (Phi) is 7.75. The van der Waals surface area contributed by atoms with Gasteiger partial charge in [0.15, 0.2) is 0 Å². The lowest BCUT2D eigenvalue weighted by Gasteiger charge is -2.21. The van der Waals surface area contributed by atoms with Gasteiger partial charge in [-0.2, -0.15) is 0 Å². The summed E-state index contributed by atoms with van der Waals surface area (Å²) in [4.78, 5) is 21.9. The summed E-state index contributed by atoms with van der Waals surface area (Å²) in [6, 6.07) is 0. The molecule has 2 N–H and O–H groups in total. The molecule has 4 heteroatoms. The van der Waals surface area contributed by atoms with Gasteiger partial charge in [-0.25, -0.2) is 0 Å². The van der Waals surface area contributed by atoms with Crippen molar-refractivity contribution in [1.82, 2.24) is 0 Å². The van der Waals surface area contributed by atoms with Crippen molar-refractivity contribution in [1.29, 1.82) is 0 Å². The van der Waals surface area contributed by atoms with Gasteiger partial charge in [-0.15, -0.1) is 0 Å². The molecule has 24 heavy (non-hydrogen) atoms. The fourth-order valence-corrected chi connectivity index (χ4v) is 4.82. The predicted octanol–water partition coefficient (Wildman–Crippen LogP) is 4.78. The summed E-state index contributed by atoms with van der Waals surface area (Å²) in [5.41, 5.74) is 0. The molecule has 2 rings (SSSR count). The topological polar surface area (TPSA) is 74.6 Å². The largest absolute Gasteiger partial charge is 0.481 e. The molecule has 0 saturated heterocycles. The van der Waals surface area contributed by atoms with Crippen LogP contribution < -0.4 is 0 Å². The van der Waals surface area contributed by atoms with E-state index in [0.717, 1.165) is 25.7 Å². The van der Waals surface area contributed by atoms with E-state index in [1.54, 1.807) is 0 Å². The van der Waals surface area contributed by atoms with Crippen LogP contribution in [0.25, 0.3) is 0 Å². The molecule has 140 valence electrons. The number of rotatable bonds is 4. The van der Waals surface area contributed by atoms with E-state index in [1.807, 2.05) is 0 Å². The maximum Gasteiger partial charge on any atom is 0.307 e. The Morgan fingerprint density at radius 2 is 1.00 bits per heavy atom. The minimum Gasteiger partial charge on any atom is -0.481 e. The normalized spacial score (nSPS) is 35.8. The van der Waals surface area contributed by atoms with Gasteiger partial charge in [0.2, 0.25) is 0 Å². The second-order valence-corrected chi connectivity index (χ2v) is 8.65. The molecule has 0 heterocycles. The molecule has 0 amide bonds. The van der Waals surface area contributed by atoms with E-state index >= 15 is 0 Å². The van der Waals surface area contributed by atoms with Crippen LogP contribution >= 0.6 is 0 Å². The van der Waals surface area contributed by atoms with E-state index in [4.69, 9.17) is 10.2 Å². The molecule has 2 aliphatic carbocycles. The molecule has 2 saturated carbocycles. The Balaban J connectivity index is 0.000000240. The Bertz CT molecular complexity index is 389. The number of carboxylic acids is 2. The van der Waals surface area contributed by atoms with Crippen molar-refractivity contribution >= 4 is 11.9 Å². The van der Waals surface area contributed by atoms with E-state index < -0.39 is 11.9 Å². The second-order valence-electron chi connectivity index (χ2n) is 8.65. The van der Waals surface area contributed by atoms with Crippen LogP contribution in [-0.4, -0.2) is 22.2 Å². The lowest BCUT2D eigenvalue weighted by atomic mass is 9.83. The highest BCUT2D eigenvalue weighted by atomic mass is 16.4. The molecule has 6 atom stereocenters. The summed E-state index contributed by atoms with van der Waals surface area (Å²) >= 11 is 0. The van der Waals surface area contributed by atoms with E-state index in [2.05, 4.69) is 41.5 Å². The molecule has 2 fully saturated rings. The molecule has 4 nitrogen and oxygen atoms in total. The molecule has 0 aromatic carbocycles. The fraction of sp³-hybridized carbons (Fsp3) is 0.900. The average Bonchev–Trinajstić information content (AvgIpc) is 3.02. The zero-order valence-electron chi connectivity index (χ0n) is 16.2. The first-order valence-electron chi connectivity index (χ1n) is 9.53. The Morgan fingerprint density at radius 3 is 1.17 bits per heavy atom. The fourth-order valence-electron chi connectivity index (χ4n) is 4.82. The summed E-state index contributed by atoms with van der Waals surface area (Å²) in [5.74, 6) is 1.18. The van der Waals surface area contributed by atoms with Crippen LogP contribution in [0.3, 0.4) is 0 Å². The van der Waals surface area contributed by atoms with Gasteiger partial charge in [0.25, 0.3) is 0 Å². The Morgan fingerprint density at radius 1 is 0.708 bits per heavy atom. The highest BCUT2D eigenvalue weighted by molar-refractivity contribution is 5.71. The molecule has 0 bridgehead atoms. The van der Waals surface area contributed by atoms with Crippen molar-refractivity contribution in [3.63, 3.8) is 0 Å². The van der Waals surface area contributed by atoms with Gasteiger partial charge in [-0.1, -0.05) is 41.5 Å². The van der Waals surface area contributed by atoms with Crippen LogP contribution in [0, 0.1) is 47.3 Å². The lowest BCUT2D eigenvalue weighted by molar-refractivity contribution is -0.145. The van der Waals surface area contributed by atoms with E-state index in [9.17, 15) is 9.59 Å². The minimum absolute atomic E-state index is 0.0926. The van der Waals surface area contributed by atoms with Crippen LogP contribution in [0.4, 0.5) is 0 Å². The first-order chi connectivity index (χ1) is 11.1. The van der Waals surface area contributed by atoms with E-state index in [1.165, 1.54) is 0 Å². The third-order valence-electron chi connectivity index (χ3n) is 6.34. The molecule has 0 spiro atoms. The van der Waals surface area contributed by atoms with Crippen LogP contribution in [0.15, 0.2) is 0 Å². The van der Waals surface area contributed by atoms with Crippen LogP contribution in [0.2, 0.25) is 0 Å². The maximum atomic E-state index is 10.9. The van der Waals surface area contributed by atoms with Crippen LogP contribution in [0.5, 0.6) is 0 Å². The smallest absolute Gasteiger partial charge is 0.307 e. The lowest BCUT2D eigenvalue weighted by Crippen LogP contribution is -2.26. The van der Waals surface area contributed by atoms with Gasteiger partial charge in [0.1, 0.15) is 0 Å². The minimum atomic E-state index is -0.598. The van der Waals surface area contributed by atoms with Gasteiger partial charge < -0.3 is 10.2 Å². The van der Waals surface area contributed by atoms with Crippen LogP contribution in [-0.2, 0) is 9.59 Å². The average molecular weight is 341 g/mol. The summed E-state index contributed by atoms with van der Waals surface area (Å²) < 4.78 is 0.